The first-order chi connectivity index (χ1) is 21.7. The number of allylic oxidation sites excluding steroid dienone is 5. The van der Waals surface area contributed by atoms with Crippen molar-refractivity contribution in [3.8, 4) is 5.75 Å². The molecule has 0 saturated heterocycles. The molecule has 45 heavy (non-hydrogen) atoms. The van der Waals surface area contributed by atoms with Gasteiger partial charge in [0.05, 0.1) is 24.8 Å². The molecule has 0 aliphatic heterocycles. The van der Waals surface area contributed by atoms with Crippen molar-refractivity contribution in [2.45, 2.75) is 84.9 Å². The summed E-state index contributed by atoms with van der Waals surface area (Å²) in [7, 11) is 3.11. The van der Waals surface area contributed by atoms with Gasteiger partial charge < -0.3 is 14.2 Å². The Morgan fingerprint density at radius 2 is 1.82 bits per heavy atom. The van der Waals surface area contributed by atoms with E-state index in [0.717, 1.165) is 66.0 Å². The van der Waals surface area contributed by atoms with Crippen molar-refractivity contribution in [3.05, 3.63) is 83.1 Å². The predicted molar refractivity (Wildman–Crippen MR) is 172 cm³/mol. The summed E-state index contributed by atoms with van der Waals surface area (Å²) in [6, 6.07) is 6.90. The highest BCUT2D eigenvalue weighted by molar-refractivity contribution is 5.96. The van der Waals surface area contributed by atoms with Crippen LogP contribution in [-0.2, 0) is 20.7 Å². The number of esters is 1. The third-order valence-corrected chi connectivity index (χ3v) is 9.29. The first kappa shape index (κ1) is 34.2. The molecule has 0 radical (unpaired) electrons. The van der Waals surface area contributed by atoms with Gasteiger partial charge >= 0.3 is 12.6 Å². The molecule has 1 heterocycles. The standard InChI is InChI=1S/C36H45F2N3O4/c1-7-24(27-20-39-32(40-21-27)18-17-26-16-15-25(8-2)33(26)35(42)44-6)14-13-22(3)41-34-23(4)29(19-31(34)43-5)28-11-9-10-12-30(28)45-36(37)38/h7,9-14,20-21,25-26,29,31,33,36H,8,15-19H2,1-6H3/b14-13-,24-7+,41-22+/t25?,26?,29-,31+,33?/m0/s1. The van der Waals surface area contributed by atoms with Crippen molar-refractivity contribution in [3.63, 3.8) is 0 Å². The van der Waals surface area contributed by atoms with Gasteiger partial charge in [0.15, 0.2) is 0 Å². The van der Waals surface area contributed by atoms with E-state index in [9.17, 15) is 13.6 Å². The third kappa shape index (κ3) is 8.31. The minimum absolute atomic E-state index is 0.0342. The molecule has 1 fully saturated rings. The Hall–Kier alpha value is -3.72. The number of aryl methyl sites for hydroxylation is 1. The zero-order valence-corrected chi connectivity index (χ0v) is 27.1. The Morgan fingerprint density at radius 3 is 2.47 bits per heavy atom. The monoisotopic (exact) mass is 621 g/mol. The minimum Gasteiger partial charge on any atom is -0.469 e. The molecular formula is C36H45F2N3O4. The second-order valence-corrected chi connectivity index (χ2v) is 11.8. The number of carbonyl (C=O) groups is 1. The number of para-hydroxylation sites is 1. The number of benzene rings is 1. The molecule has 2 aliphatic carbocycles. The second kappa shape index (κ2) is 16.0. The number of alkyl halides is 2. The summed E-state index contributed by atoms with van der Waals surface area (Å²) in [6.07, 6.45) is 14.6. The molecule has 1 aromatic heterocycles. The number of rotatable bonds is 13. The van der Waals surface area contributed by atoms with Crippen molar-refractivity contribution < 1.29 is 27.8 Å². The largest absolute Gasteiger partial charge is 0.469 e. The quantitative estimate of drug-likeness (QED) is 0.128. The number of halogens is 2. The van der Waals surface area contributed by atoms with Crippen LogP contribution in [-0.4, -0.2) is 48.6 Å². The highest BCUT2D eigenvalue weighted by Crippen LogP contribution is 2.45. The van der Waals surface area contributed by atoms with E-state index < -0.39 is 6.61 Å². The number of ether oxygens (including phenoxy) is 3. The molecule has 1 aromatic carbocycles. The lowest BCUT2D eigenvalue weighted by Gasteiger charge is -2.21. The van der Waals surface area contributed by atoms with Crippen LogP contribution >= 0.6 is 0 Å². The fraction of sp³-hybridized carbons (Fsp3) is 0.500. The first-order valence-corrected chi connectivity index (χ1v) is 15.8. The number of nitrogens with zero attached hydrogens (tertiary/aromatic N) is 3. The Bertz CT molecular complexity index is 1430. The van der Waals surface area contributed by atoms with Crippen molar-refractivity contribution in [1.29, 1.82) is 0 Å². The number of aromatic nitrogens is 2. The Kier molecular flexibility index (Phi) is 12.2. The lowest BCUT2D eigenvalue weighted by molar-refractivity contribution is -0.148. The molecule has 1 saturated carbocycles. The van der Waals surface area contributed by atoms with E-state index in [1.54, 1.807) is 19.2 Å². The molecule has 2 aliphatic rings. The molecule has 9 heteroatoms. The molecule has 2 aromatic rings. The third-order valence-electron chi connectivity index (χ3n) is 9.29. The number of methoxy groups -OCH3 is 2. The fourth-order valence-corrected chi connectivity index (χ4v) is 6.85. The normalized spacial score (nSPS) is 24.2. The topological polar surface area (TPSA) is 82.9 Å². The van der Waals surface area contributed by atoms with Gasteiger partial charge in [-0.15, -0.1) is 0 Å². The zero-order valence-electron chi connectivity index (χ0n) is 27.1. The van der Waals surface area contributed by atoms with E-state index in [2.05, 4.69) is 16.9 Å². The number of hydrogen-bond donors (Lipinski definition) is 0. The van der Waals surface area contributed by atoms with Crippen LogP contribution in [0.3, 0.4) is 0 Å². The van der Waals surface area contributed by atoms with E-state index >= 15 is 0 Å². The minimum atomic E-state index is -2.89. The number of aliphatic imine (C=N–C) groups is 1. The van der Waals surface area contributed by atoms with Crippen LogP contribution in [0.15, 0.2) is 71.1 Å². The van der Waals surface area contributed by atoms with Crippen molar-refractivity contribution in [2.75, 3.05) is 14.2 Å². The van der Waals surface area contributed by atoms with E-state index in [1.165, 1.54) is 7.11 Å². The SMILES string of the molecule is C\C=C(/C=C\C(C)=N\C1=C(C)[C@@H](c2ccccc2OC(F)F)C[C@H]1OC)c1cnc(CCC2CCC(CC)C2C(=O)OC)nc1. The van der Waals surface area contributed by atoms with Crippen molar-refractivity contribution in [2.24, 2.45) is 22.7 Å². The van der Waals surface area contributed by atoms with Gasteiger partial charge in [0, 0.05) is 48.7 Å². The maximum Gasteiger partial charge on any atom is 0.387 e. The average molecular weight is 622 g/mol. The Morgan fingerprint density at radius 1 is 1.11 bits per heavy atom. The highest BCUT2D eigenvalue weighted by atomic mass is 19.3. The molecule has 5 atom stereocenters. The molecule has 4 rings (SSSR count). The Balaban J connectivity index is 1.44. The second-order valence-electron chi connectivity index (χ2n) is 11.8. The van der Waals surface area contributed by atoms with Crippen LogP contribution in [0.25, 0.3) is 5.57 Å². The molecular weight excluding hydrogens is 576 g/mol. The fourth-order valence-electron chi connectivity index (χ4n) is 6.85. The molecule has 3 unspecified atom stereocenters. The van der Waals surface area contributed by atoms with E-state index in [4.69, 9.17) is 19.2 Å². The van der Waals surface area contributed by atoms with Gasteiger partial charge in [-0.25, -0.2) is 9.97 Å². The highest BCUT2D eigenvalue weighted by Gasteiger charge is 2.40. The van der Waals surface area contributed by atoms with Crippen LogP contribution in [0.5, 0.6) is 5.75 Å². The van der Waals surface area contributed by atoms with Crippen LogP contribution in [0.2, 0.25) is 0 Å². The molecule has 0 spiro atoms. The average Bonchev–Trinajstić information content (AvgIpc) is 3.60. The van der Waals surface area contributed by atoms with Gasteiger partial charge in [-0.2, -0.15) is 8.78 Å². The summed E-state index contributed by atoms with van der Waals surface area (Å²) < 4.78 is 41.8. The van der Waals surface area contributed by atoms with Crippen molar-refractivity contribution >= 4 is 17.3 Å². The molecule has 0 amide bonds. The van der Waals surface area contributed by atoms with Gasteiger partial charge in [0.2, 0.25) is 0 Å². The maximum absolute atomic E-state index is 13.0. The molecule has 0 N–H and O–H groups in total. The summed E-state index contributed by atoms with van der Waals surface area (Å²) >= 11 is 0. The van der Waals surface area contributed by atoms with Crippen LogP contribution in [0.1, 0.15) is 82.7 Å². The zero-order chi connectivity index (χ0) is 32.5. The summed E-state index contributed by atoms with van der Waals surface area (Å²) in [5.74, 6) is 1.36. The van der Waals surface area contributed by atoms with Gasteiger partial charge in [-0.3, -0.25) is 9.79 Å². The van der Waals surface area contributed by atoms with Crippen LogP contribution in [0.4, 0.5) is 8.78 Å². The maximum atomic E-state index is 13.0. The summed E-state index contributed by atoms with van der Waals surface area (Å²) in [6.45, 7) is 5.10. The number of carbonyl (C=O) groups excluding carboxylic acids is 1. The lowest BCUT2D eigenvalue weighted by Crippen LogP contribution is -2.26. The van der Waals surface area contributed by atoms with Crippen LogP contribution < -0.4 is 4.74 Å². The molecule has 7 nitrogen and oxygen atoms in total. The van der Waals surface area contributed by atoms with E-state index in [0.29, 0.717) is 23.8 Å². The van der Waals surface area contributed by atoms with Gasteiger partial charge in [-0.05, 0) is 81.6 Å². The molecule has 0 bridgehead atoms. The summed E-state index contributed by atoms with van der Waals surface area (Å²) in [4.78, 5) is 26.6. The van der Waals surface area contributed by atoms with Gasteiger partial charge in [0.1, 0.15) is 11.6 Å². The van der Waals surface area contributed by atoms with Gasteiger partial charge in [-0.1, -0.05) is 43.7 Å². The Labute approximate surface area is 265 Å². The van der Waals surface area contributed by atoms with E-state index in [1.807, 2.05) is 63.5 Å². The summed E-state index contributed by atoms with van der Waals surface area (Å²) in [5, 5.41) is 0. The lowest BCUT2D eigenvalue weighted by atomic mass is 9.85. The van der Waals surface area contributed by atoms with E-state index in [-0.39, 0.29) is 29.7 Å². The predicted octanol–water partition coefficient (Wildman–Crippen LogP) is 8.13. The summed E-state index contributed by atoms with van der Waals surface area (Å²) in [5.41, 5.74) is 5.10. The smallest absolute Gasteiger partial charge is 0.387 e. The van der Waals surface area contributed by atoms with Crippen LogP contribution in [0, 0.1) is 17.8 Å². The molecule has 242 valence electrons. The van der Waals surface area contributed by atoms with Gasteiger partial charge in [0.25, 0.3) is 0 Å². The first-order valence-electron chi connectivity index (χ1n) is 15.8. The van der Waals surface area contributed by atoms with Crippen molar-refractivity contribution in [1.82, 2.24) is 9.97 Å². The number of hydrogen-bond acceptors (Lipinski definition) is 7.